The van der Waals surface area contributed by atoms with E-state index in [1.807, 2.05) is 17.0 Å². The van der Waals surface area contributed by atoms with Gasteiger partial charge in [-0.05, 0) is 86.6 Å². The van der Waals surface area contributed by atoms with Crippen molar-refractivity contribution in [3.63, 3.8) is 0 Å². The van der Waals surface area contributed by atoms with Crippen LogP contribution in [-0.2, 0) is 13.6 Å². The Morgan fingerprint density at radius 2 is 1.85 bits per heavy atom. The maximum absolute atomic E-state index is 13.6. The topological polar surface area (TPSA) is 78.3 Å². The van der Waals surface area contributed by atoms with Crippen molar-refractivity contribution < 1.29 is 9.53 Å². The van der Waals surface area contributed by atoms with Crippen LogP contribution < -0.4 is 10.5 Å². The lowest BCUT2D eigenvalue weighted by molar-refractivity contribution is 0.0678. The Bertz CT molecular complexity index is 1570. The zero-order chi connectivity index (χ0) is 27.4. The molecule has 1 saturated heterocycles. The SMILES string of the molecule is COc1cc(C(=O)N2CCC[C@@H](CN)C2)cc2nc(-c3cc4cccc(C5CCCC5)c4n3CC3CC3)n(C)c12. The summed E-state index contributed by atoms with van der Waals surface area (Å²) in [5.41, 5.74) is 12.4. The first-order valence-corrected chi connectivity index (χ1v) is 15.2. The number of aryl methyl sites for hydroxylation is 1. The van der Waals surface area contributed by atoms with Crippen molar-refractivity contribution in [1.82, 2.24) is 19.0 Å². The molecule has 7 rings (SSSR count). The molecule has 0 radical (unpaired) electrons. The number of ether oxygens (including phenoxy) is 1. The summed E-state index contributed by atoms with van der Waals surface area (Å²) in [5, 5.41) is 1.30. The predicted molar refractivity (Wildman–Crippen MR) is 160 cm³/mol. The molecule has 2 aromatic carbocycles. The Labute approximate surface area is 236 Å². The molecule has 210 valence electrons. The van der Waals surface area contributed by atoms with Crippen molar-refractivity contribution >= 4 is 27.8 Å². The number of hydrogen-bond donors (Lipinski definition) is 1. The maximum atomic E-state index is 13.6. The minimum Gasteiger partial charge on any atom is -0.494 e. The van der Waals surface area contributed by atoms with Gasteiger partial charge in [0.1, 0.15) is 11.3 Å². The number of imidazole rings is 1. The molecule has 1 atom stereocenters. The van der Waals surface area contributed by atoms with Gasteiger partial charge in [-0.15, -0.1) is 0 Å². The van der Waals surface area contributed by atoms with Crippen LogP contribution in [0.3, 0.4) is 0 Å². The zero-order valence-corrected chi connectivity index (χ0v) is 23.9. The molecule has 0 bridgehead atoms. The summed E-state index contributed by atoms with van der Waals surface area (Å²) in [6, 6.07) is 13.0. The molecular formula is C33H41N5O2. The standard InChI is InChI=1S/C33H41N5O2/c1-36-31-27(15-25(17-29(31)40-2)33(39)37-14-6-7-22(18-34)19-37)35-32(36)28-16-24-10-5-11-26(23-8-3-4-9-23)30(24)38(28)20-21-12-13-21/h5,10-11,15-17,21-23H,3-4,6-9,12-14,18-20,34H2,1-2H3/t22-/m0/s1. The number of piperidine rings is 1. The molecule has 2 aromatic heterocycles. The lowest BCUT2D eigenvalue weighted by Crippen LogP contribution is -2.42. The molecule has 4 aromatic rings. The number of carbonyl (C=O) groups excluding carboxylic acids is 1. The number of nitrogens with zero attached hydrogens (tertiary/aromatic N) is 4. The molecule has 3 heterocycles. The van der Waals surface area contributed by atoms with Crippen molar-refractivity contribution in [3.8, 4) is 17.3 Å². The number of fused-ring (bicyclic) bond motifs is 2. The Balaban J connectivity index is 1.35. The minimum absolute atomic E-state index is 0.0367. The summed E-state index contributed by atoms with van der Waals surface area (Å²) >= 11 is 0. The molecule has 0 unspecified atom stereocenters. The first kappa shape index (κ1) is 25.6. The Morgan fingerprint density at radius 1 is 1.02 bits per heavy atom. The summed E-state index contributed by atoms with van der Waals surface area (Å²) in [4.78, 5) is 20.7. The van der Waals surface area contributed by atoms with Crippen LogP contribution in [0.15, 0.2) is 36.4 Å². The van der Waals surface area contributed by atoms with E-state index in [0.717, 1.165) is 54.4 Å². The van der Waals surface area contributed by atoms with Crippen LogP contribution in [-0.4, -0.2) is 51.7 Å². The van der Waals surface area contributed by atoms with Crippen LogP contribution in [0.1, 0.15) is 73.2 Å². The molecule has 7 heteroatoms. The van der Waals surface area contributed by atoms with Gasteiger partial charge in [0.05, 0.1) is 23.8 Å². The highest BCUT2D eigenvalue weighted by molar-refractivity contribution is 6.00. The van der Waals surface area contributed by atoms with Crippen molar-refractivity contribution in [3.05, 3.63) is 47.5 Å². The summed E-state index contributed by atoms with van der Waals surface area (Å²) < 4.78 is 10.6. The van der Waals surface area contributed by atoms with E-state index in [0.29, 0.717) is 36.2 Å². The third-order valence-electron chi connectivity index (χ3n) is 9.65. The first-order valence-electron chi connectivity index (χ1n) is 15.2. The lowest BCUT2D eigenvalue weighted by Gasteiger charge is -2.32. The van der Waals surface area contributed by atoms with E-state index in [1.54, 1.807) is 7.11 Å². The number of para-hydroxylation sites is 1. The third-order valence-corrected chi connectivity index (χ3v) is 9.65. The van der Waals surface area contributed by atoms with Gasteiger partial charge in [0, 0.05) is 37.6 Å². The average molecular weight is 540 g/mol. The first-order chi connectivity index (χ1) is 19.6. The predicted octanol–water partition coefficient (Wildman–Crippen LogP) is 6.08. The summed E-state index contributed by atoms with van der Waals surface area (Å²) in [6.45, 7) is 3.14. The number of aromatic nitrogens is 3. The molecule has 3 fully saturated rings. The fourth-order valence-corrected chi connectivity index (χ4v) is 7.30. The maximum Gasteiger partial charge on any atom is 0.254 e. The van der Waals surface area contributed by atoms with Crippen molar-refractivity contribution in [2.45, 2.75) is 63.8 Å². The number of amides is 1. The molecular weight excluding hydrogens is 498 g/mol. The summed E-state index contributed by atoms with van der Waals surface area (Å²) in [5.74, 6) is 3.40. The molecule has 2 N–H and O–H groups in total. The van der Waals surface area contributed by atoms with Crippen LogP contribution in [0.4, 0.5) is 0 Å². The molecule has 0 spiro atoms. The van der Waals surface area contributed by atoms with Crippen LogP contribution in [0.5, 0.6) is 5.75 Å². The summed E-state index contributed by atoms with van der Waals surface area (Å²) in [7, 11) is 3.75. The highest BCUT2D eigenvalue weighted by Crippen LogP contribution is 2.42. The van der Waals surface area contributed by atoms with E-state index in [4.69, 9.17) is 15.5 Å². The number of methoxy groups -OCH3 is 1. The highest BCUT2D eigenvalue weighted by atomic mass is 16.5. The highest BCUT2D eigenvalue weighted by Gasteiger charge is 2.30. The van der Waals surface area contributed by atoms with E-state index < -0.39 is 0 Å². The second-order valence-corrected chi connectivity index (χ2v) is 12.4. The quantitative estimate of drug-likeness (QED) is 0.309. The van der Waals surface area contributed by atoms with Gasteiger partial charge in [-0.3, -0.25) is 4.79 Å². The van der Waals surface area contributed by atoms with E-state index in [2.05, 4.69) is 40.4 Å². The average Bonchev–Trinajstić information content (AvgIpc) is 3.35. The number of nitrogens with two attached hydrogens (primary N) is 1. The molecule has 2 saturated carbocycles. The van der Waals surface area contributed by atoms with Gasteiger partial charge in [0.25, 0.3) is 5.91 Å². The van der Waals surface area contributed by atoms with Crippen LogP contribution >= 0.6 is 0 Å². The van der Waals surface area contributed by atoms with Crippen LogP contribution in [0.2, 0.25) is 0 Å². The molecule has 40 heavy (non-hydrogen) atoms. The Hall–Kier alpha value is -3.32. The van der Waals surface area contributed by atoms with Gasteiger partial charge in [-0.1, -0.05) is 31.0 Å². The Kier molecular flexibility index (Phi) is 6.57. The van der Waals surface area contributed by atoms with Gasteiger partial charge < -0.3 is 24.5 Å². The van der Waals surface area contributed by atoms with Crippen LogP contribution in [0.25, 0.3) is 33.5 Å². The lowest BCUT2D eigenvalue weighted by atomic mass is 9.95. The second kappa shape index (κ2) is 10.3. The number of hydrogen-bond acceptors (Lipinski definition) is 4. The fourth-order valence-electron chi connectivity index (χ4n) is 7.30. The molecule has 7 nitrogen and oxygen atoms in total. The number of rotatable bonds is 7. The molecule has 1 amide bonds. The zero-order valence-electron chi connectivity index (χ0n) is 23.9. The van der Waals surface area contributed by atoms with E-state index in [9.17, 15) is 4.79 Å². The molecule has 3 aliphatic rings. The largest absolute Gasteiger partial charge is 0.494 e. The normalized spacial score (nSPS) is 20.2. The number of benzene rings is 2. The van der Waals surface area contributed by atoms with E-state index >= 15 is 0 Å². The monoisotopic (exact) mass is 539 g/mol. The number of likely N-dealkylation sites (tertiary alicyclic amines) is 1. The smallest absolute Gasteiger partial charge is 0.254 e. The molecule has 1 aliphatic heterocycles. The van der Waals surface area contributed by atoms with Crippen molar-refractivity contribution in [2.75, 3.05) is 26.7 Å². The fraction of sp³-hybridized carbons (Fsp3) is 0.515. The van der Waals surface area contributed by atoms with E-state index in [-0.39, 0.29) is 5.91 Å². The third kappa shape index (κ3) is 4.39. The molecule has 2 aliphatic carbocycles. The van der Waals surface area contributed by atoms with Gasteiger partial charge in [-0.25, -0.2) is 4.98 Å². The van der Waals surface area contributed by atoms with Crippen LogP contribution in [0, 0.1) is 11.8 Å². The minimum atomic E-state index is 0.0367. The second-order valence-electron chi connectivity index (χ2n) is 12.4. The van der Waals surface area contributed by atoms with Gasteiger partial charge in [-0.2, -0.15) is 0 Å². The van der Waals surface area contributed by atoms with Gasteiger partial charge in [0.15, 0.2) is 5.82 Å². The summed E-state index contributed by atoms with van der Waals surface area (Å²) in [6.07, 6.45) is 9.90. The van der Waals surface area contributed by atoms with Gasteiger partial charge in [0.2, 0.25) is 0 Å². The Morgan fingerprint density at radius 3 is 2.60 bits per heavy atom. The van der Waals surface area contributed by atoms with Gasteiger partial charge >= 0.3 is 0 Å². The van der Waals surface area contributed by atoms with E-state index in [1.165, 1.54) is 55.0 Å². The van der Waals surface area contributed by atoms with Crippen molar-refractivity contribution in [2.24, 2.45) is 24.6 Å². The number of carbonyl (C=O) groups is 1. The van der Waals surface area contributed by atoms with Crippen molar-refractivity contribution in [1.29, 1.82) is 0 Å².